The predicted octanol–water partition coefficient (Wildman–Crippen LogP) is 4.87. The van der Waals surface area contributed by atoms with Gasteiger partial charge in [0.2, 0.25) is 5.95 Å². The molecule has 4 rings (SSSR count). The fourth-order valence-corrected chi connectivity index (χ4v) is 3.99. The molecule has 5 nitrogen and oxygen atoms in total. The smallest absolute Gasteiger partial charge is 0.225 e. The summed E-state index contributed by atoms with van der Waals surface area (Å²) in [7, 11) is 0. The van der Waals surface area contributed by atoms with Crippen LogP contribution in [0.25, 0.3) is 11.3 Å². The molecule has 2 heterocycles. The van der Waals surface area contributed by atoms with Crippen molar-refractivity contribution < 1.29 is 4.74 Å². The highest BCUT2D eigenvalue weighted by atomic mass is 16.5. The molecule has 2 aromatic rings. The van der Waals surface area contributed by atoms with E-state index in [2.05, 4.69) is 34.9 Å². The van der Waals surface area contributed by atoms with Gasteiger partial charge in [-0.05, 0) is 25.7 Å². The van der Waals surface area contributed by atoms with Crippen molar-refractivity contribution in [1.82, 2.24) is 9.97 Å². The van der Waals surface area contributed by atoms with E-state index >= 15 is 0 Å². The first kappa shape index (κ1) is 18.2. The van der Waals surface area contributed by atoms with Crippen LogP contribution >= 0.6 is 0 Å². The van der Waals surface area contributed by atoms with Crippen molar-refractivity contribution in [2.24, 2.45) is 0 Å². The summed E-state index contributed by atoms with van der Waals surface area (Å²) >= 11 is 0. The van der Waals surface area contributed by atoms with Gasteiger partial charge in [-0.25, -0.2) is 4.98 Å². The zero-order valence-corrected chi connectivity index (χ0v) is 16.0. The van der Waals surface area contributed by atoms with Gasteiger partial charge in [0, 0.05) is 30.8 Å². The first-order chi connectivity index (χ1) is 13.4. The van der Waals surface area contributed by atoms with Crippen LogP contribution in [0.15, 0.2) is 36.4 Å². The van der Waals surface area contributed by atoms with Gasteiger partial charge in [-0.2, -0.15) is 4.98 Å². The normalized spacial score (nSPS) is 21.0. The van der Waals surface area contributed by atoms with Crippen LogP contribution in [0.2, 0.25) is 0 Å². The summed E-state index contributed by atoms with van der Waals surface area (Å²) in [5.74, 6) is 1.61. The SMILES string of the molecule is c1ccc(-c2cc(NCC3CCCO3)nc(NC3CCCCCC3)n2)cc1. The molecule has 2 fully saturated rings. The average molecular weight is 367 g/mol. The third-order valence-corrected chi connectivity index (χ3v) is 5.52. The van der Waals surface area contributed by atoms with Crippen LogP contribution in [-0.4, -0.2) is 35.3 Å². The van der Waals surface area contributed by atoms with E-state index < -0.39 is 0 Å². The van der Waals surface area contributed by atoms with Crippen LogP contribution in [0.5, 0.6) is 0 Å². The molecule has 1 saturated heterocycles. The lowest BCUT2D eigenvalue weighted by Crippen LogP contribution is -2.22. The van der Waals surface area contributed by atoms with Crippen LogP contribution in [0.3, 0.4) is 0 Å². The molecule has 0 bridgehead atoms. The molecule has 144 valence electrons. The van der Waals surface area contributed by atoms with Crippen molar-refractivity contribution >= 4 is 11.8 Å². The summed E-state index contributed by atoms with van der Waals surface area (Å²) < 4.78 is 5.73. The third-order valence-electron chi connectivity index (χ3n) is 5.52. The molecule has 1 unspecified atom stereocenters. The fourth-order valence-electron chi connectivity index (χ4n) is 3.99. The molecule has 1 aromatic heterocycles. The maximum atomic E-state index is 5.73. The molecule has 1 atom stereocenters. The van der Waals surface area contributed by atoms with Crippen LogP contribution < -0.4 is 10.6 Å². The highest BCUT2D eigenvalue weighted by Gasteiger charge is 2.17. The van der Waals surface area contributed by atoms with Crippen LogP contribution in [0.1, 0.15) is 51.4 Å². The van der Waals surface area contributed by atoms with Crippen LogP contribution in [0.4, 0.5) is 11.8 Å². The molecule has 5 heteroatoms. The molecule has 0 amide bonds. The standard InChI is InChI=1S/C22H30N4O/c1-2-7-12-18(11-6-1)24-22-25-20(17-9-4-3-5-10-17)15-21(26-22)23-16-19-13-8-14-27-19/h3-5,9-10,15,18-19H,1-2,6-8,11-14,16H2,(H2,23,24,25,26). The van der Waals surface area contributed by atoms with Crippen LogP contribution in [-0.2, 0) is 4.74 Å². The van der Waals surface area contributed by atoms with Crippen molar-refractivity contribution in [3.05, 3.63) is 36.4 Å². The Balaban J connectivity index is 1.53. The van der Waals surface area contributed by atoms with Gasteiger partial charge in [0.25, 0.3) is 0 Å². The number of hydrogen-bond donors (Lipinski definition) is 2. The van der Waals surface area contributed by atoms with E-state index in [1.54, 1.807) is 0 Å². The lowest BCUT2D eigenvalue weighted by Gasteiger charge is -2.18. The second kappa shape index (κ2) is 9.18. The van der Waals surface area contributed by atoms with Gasteiger partial charge in [-0.15, -0.1) is 0 Å². The number of anilines is 2. The van der Waals surface area contributed by atoms with E-state index in [1.807, 2.05) is 12.1 Å². The molecular formula is C22H30N4O. The first-order valence-corrected chi connectivity index (χ1v) is 10.4. The van der Waals surface area contributed by atoms with Gasteiger partial charge < -0.3 is 15.4 Å². The van der Waals surface area contributed by atoms with Gasteiger partial charge in [0.1, 0.15) is 5.82 Å². The van der Waals surface area contributed by atoms with E-state index in [9.17, 15) is 0 Å². The number of hydrogen-bond acceptors (Lipinski definition) is 5. The summed E-state index contributed by atoms with van der Waals surface area (Å²) in [6.07, 6.45) is 10.2. The van der Waals surface area contributed by atoms with Crippen molar-refractivity contribution in [2.45, 2.75) is 63.5 Å². The Morgan fingerprint density at radius 2 is 1.74 bits per heavy atom. The van der Waals surface area contributed by atoms with Gasteiger partial charge in [0.15, 0.2) is 0 Å². The van der Waals surface area contributed by atoms with Gasteiger partial charge >= 0.3 is 0 Å². The van der Waals surface area contributed by atoms with E-state index in [4.69, 9.17) is 14.7 Å². The highest BCUT2D eigenvalue weighted by Crippen LogP contribution is 2.24. The molecule has 1 aliphatic heterocycles. The maximum Gasteiger partial charge on any atom is 0.225 e. The second-order valence-corrected chi connectivity index (χ2v) is 7.68. The summed E-state index contributed by atoms with van der Waals surface area (Å²) in [5.41, 5.74) is 2.07. The summed E-state index contributed by atoms with van der Waals surface area (Å²) in [6, 6.07) is 12.9. The minimum absolute atomic E-state index is 0.290. The third kappa shape index (κ3) is 5.19. The zero-order chi connectivity index (χ0) is 18.3. The Hall–Kier alpha value is -2.14. The number of rotatable bonds is 6. The molecule has 1 aliphatic carbocycles. The van der Waals surface area contributed by atoms with E-state index in [0.29, 0.717) is 12.1 Å². The monoisotopic (exact) mass is 366 g/mol. The zero-order valence-electron chi connectivity index (χ0n) is 16.0. The van der Waals surface area contributed by atoms with E-state index in [1.165, 1.54) is 38.5 Å². The number of nitrogens with zero attached hydrogens (tertiary/aromatic N) is 2. The molecule has 27 heavy (non-hydrogen) atoms. The summed E-state index contributed by atoms with van der Waals surface area (Å²) in [6.45, 7) is 1.67. The number of nitrogens with one attached hydrogen (secondary N) is 2. The van der Waals surface area contributed by atoms with E-state index in [0.717, 1.165) is 49.0 Å². The molecular weight excluding hydrogens is 336 g/mol. The topological polar surface area (TPSA) is 59.1 Å². The first-order valence-electron chi connectivity index (χ1n) is 10.4. The van der Waals surface area contributed by atoms with Gasteiger partial charge in [0.05, 0.1) is 11.8 Å². The quantitative estimate of drug-likeness (QED) is 0.714. The van der Waals surface area contributed by atoms with Crippen molar-refractivity contribution in [3.63, 3.8) is 0 Å². The molecule has 0 radical (unpaired) electrons. The summed E-state index contributed by atoms with van der Waals surface area (Å²) in [5, 5.41) is 7.08. The molecule has 0 spiro atoms. The Kier molecular flexibility index (Phi) is 6.20. The lowest BCUT2D eigenvalue weighted by atomic mass is 10.1. The van der Waals surface area contributed by atoms with Crippen molar-refractivity contribution in [1.29, 1.82) is 0 Å². The highest BCUT2D eigenvalue weighted by molar-refractivity contribution is 5.64. The van der Waals surface area contributed by atoms with Crippen molar-refractivity contribution in [3.8, 4) is 11.3 Å². The number of aromatic nitrogens is 2. The molecule has 1 saturated carbocycles. The lowest BCUT2D eigenvalue weighted by molar-refractivity contribution is 0.120. The predicted molar refractivity (Wildman–Crippen MR) is 110 cm³/mol. The maximum absolute atomic E-state index is 5.73. The minimum atomic E-state index is 0.290. The summed E-state index contributed by atoms with van der Waals surface area (Å²) in [4.78, 5) is 9.57. The minimum Gasteiger partial charge on any atom is -0.376 e. The van der Waals surface area contributed by atoms with Gasteiger partial charge in [-0.1, -0.05) is 56.0 Å². The fraction of sp³-hybridized carbons (Fsp3) is 0.545. The Morgan fingerprint density at radius 1 is 0.926 bits per heavy atom. The second-order valence-electron chi connectivity index (χ2n) is 7.68. The Labute approximate surface area is 162 Å². The molecule has 2 N–H and O–H groups in total. The van der Waals surface area contributed by atoms with Crippen molar-refractivity contribution in [2.75, 3.05) is 23.8 Å². The van der Waals surface area contributed by atoms with Gasteiger partial charge in [-0.3, -0.25) is 0 Å². The van der Waals surface area contributed by atoms with Crippen LogP contribution in [0, 0.1) is 0 Å². The average Bonchev–Trinajstić information content (AvgIpc) is 3.11. The molecule has 2 aliphatic rings. The largest absolute Gasteiger partial charge is 0.376 e. The Bertz CT molecular complexity index is 708. The Morgan fingerprint density at radius 3 is 2.48 bits per heavy atom. The number of benzene rings is 1. The number of ether oxygens (including phenoxy) is 1. The van der Waals surface area contributed by atoms with E-state index in [-0.39, 0.29) is 0 Å². The molecule has 1 aromatic carbocycles.